The van der Waals surface area contributed by atoms with Crippen LogP contribution in [-0.4, -0.2) is 35.6 Å². The molecule has 58 valence electrons. The van der Waals surface area contributed by atoms with E-state index in [4.69, 9.17) is 0 Å². The van der Waals surface area contributed by atoms with Gasteiger partial charge in [0.05, 0.1) is 6.54 Å². The second-order valence-corrected chi connectivity index (χ2v) is 3.40. The fourth-order valence-electron chi connectivity index (χ4n) is 1.16. The molecule has 2 nitrogen and oxygen atoms in total. The van der Waals surface area contributed by atoms with Crippen LogP contribution in [0.25, 0.3) is 0 Å². The zero-order valence-corrected chi connectivity index (χ0v) is 7.56. The molecular formula is C7H12BrNO. The summed E-state index contributed by atoms with van der Waals surface area (Å²) in [5, 5.41) is 1.04. The highest BCUT2D eigenvalue weighted by Gasteiger charge is 2.17. The molecule has 3 heteroatoms. The fraction of sp³-hybridized carbons (Fsp3) is 0.857. The normalized spacial score (nSPS) is 20.3. The topological polar surface area (TPSA) is 20.3 Å². The number of halogens is 1. The zero-order chi connectivity index (χ0) is 7.40. The van der Waals surface area contributed by atoms with E-state index in [0.29, 0.717) is 12.3 Å². The van der Waals surface area contributed by atoms with Crippen molar-refractivity contribution in [3.05, 3.63) is 0 Å². The highest BCUT2D eigenvalue weighted by Crippen LogP contribution is 2.04. The second-order valence-electron chi connectivity index (χ2n) is 2.61. The van der Waals surface area contributed by atoms with Crippen LogP contribution in [0.4, 0.5) is 0 Å². The van der Waals surface area contributed by atoms with Gasteiger partial charge in [-0.15, -0.1) is 0 Å². The Morgan fingerprint density at radius 2 is 2.40 bits per heavy atom. The molecule has 1 aliphatic heterocycles. The molecule has 1 heterocycles. The molecule has 0 amide bonds. The first-order valence-corrected chi connectivity index (χ1v) is 4.75. The highest BCUT2D eigenvalue weighted by atomic mass is 79.9. The van der Waals surface area contributed by atoms with E-state index in [9.17, 15) is 4.79 Å². The van der Waals surface area contributed by atoms with Crippen LogP contribution in [0, 0.1) is 0 Å². The van der Waals surface area contributed by atoms with Crippen LogP contribution in [0.5, 0.6) is 0 Å². The van der Waals surface area contributed by atoms with Gasteiger partial charge in [0, 0.05) is 18.3 Å². The van der Waals surface area contributed by atoms with E-state index in [0.717, 1.165) is 31.3 Å². The molecule has 0 N–H and O–H groups in total. The van der Waals surface area contributed by atoms with E-state index >= 15 is 0 Å². The number of Topliss-reactive ketones (excluding diaryl/α,β-unsaturated/α-hetero) is 1. The van der Waals surface area contributed by atoms with Crippen molar-refractivity contribution in [2.45, 2.75) is 12.8 Å². The Morgan fingerprint density at radius 1 is 1.60 bits per heavy atom. The Hall–Kier alpha value is 0.110. The van der Waals surface area contributed by atoms with Crippen molar-refractivity contribution in [1.29, 1.82) is 0 Å². The third kappa shape index (κ3) is 2.39. The monoisotopic (exact) mass is 205 g/mol. The first-order valence-electron chi connectivity index (χ1n) is 3.63. The van der Waals surface area contributed by atoms with E-state index in [1.807, 2.05) is 0 Å². The van der Waals surface area contributed by atoms with Crippen LogP contribution >= 0.6 is 15.9 Å². The van der Waals surface area contributed by atoms with E-state index < -0.39 is 0 Å². The molecule has 0 aromatic rings. The SMILES string of the molecule is O=C1CCN(CCCBr)C1. The van der Waals surface area contributed by atoms with Crippen molar-refractivity contribution in [3.8, 4) is 0 Å². The van der Waals surface area contributed by atoms with E-state index in [1.54, 1.807) is 0 Å². The van der Waals surface area contributed by atoms with Crippen molar-refractivity contribution in [3.63, 3.8) is 0 Å². The fourth-order valence-corrected chi connectivity index (χ4v) is 1.42. The minimum Gasteiger partial charge on any atom is -0.298 e. The summed E-state index contributed by atoms with van der Waals surface area (Å²) < 4.78 is 0. The molecule has 1 aliphatic rings. The van der Waals surface area contributed by atoms with Crippen molar-refractivity contribution in [2.75, 3.05) is 25.0 Å². The maximum absolute atomic E-state index is 10.8. The Morgan fingerprint density at radius 3 is 2.90 bits per heavy atom. The van der Waals surface area contributed by atoms with Gasteiger partial charge in [-0.25, -0.2) is 0 Å². The van der Waals surface area contributed by atoms with Crippen molar-refractivity contribution in [1.82, 2.24) is 4.90 Å². The minimum absolute atomic E-state index is 0.398. The lowest BCUT2D eigenvalue weighted by Gasteiger charge is -2.11. The van der Waals surface area contributed by atoms with Crippen LogP contribution < -0.4 is 0 Å². The first-order chi connectivity index (χ1) is 4.83. The molecule has 0 aromatic heterocycles. The summed E-state index contributed by atoms with van der Waals surface area (Å²) in [6.07, 6.45) is 1.91. The smallest absolute Gasteiger partial charge is 0.148 e. The Labute approximate surface area is 69.7 Å². The number of likely N-dealkylation sites (tertiary alicyclic amines) is 1. The van der Waals surface area contributed by atoms with Gasteiger partial charge >= 0.3 is 0 Å². The molecule has 10 heavy (non-hydrogen) atoms. The first kappa shape index (κ1) is 8.21. The van der Waals surface area contributed by atoms with Gasteiger partial charge in [0.15, 0.2) is 0 Å². The van der Waals surface area contributed by atoms with Gasteiger partial charge in [-0.3, -0.25) is 9.69 Å². The molecule has 0 saturated carbocycles. The number of carbonyl (C=O) groups is 1. The minimum atomic E-state index is 0.398. The summed E-state index contributed by atoms with van der Waals surface area (Å²) in [5.41, 5.74) is 0. The van der Waals surface area contributed by atoms with Gasteiger partial charge in [-0.05, 0) is 13.0 Å². The van der Waals surface area contributed by atoms with Gasteiger partial charge < -0.3 is 0 Å². The van der Waals surface area contributed by atoms with E-state index in [1.165, 1.54) is 0 Å². The van der Waals surface area contributed by atoms with Gasteiger partial charge in [-0.1, -0.05) is 15.9 Å². The number of alkyl halides is 1. The highest BCUT2D eigenvalue weighted by molar-refractivity contribution is 9.09. The van der Waals surface area contributed by atoms with Crippen molar-refractivity contribution in [2.24, 2.45) is 0 Å². The van der Waals surface area contributed by atoms with Crippen molar-refractivity contribution >= 4 is 21.7 Å². The van der Waals surface area contributed by atoms with E-state index in [-0.39, 0.29) is 0 Å². The van der Waals surface area contributed by atoms with Gasteiger partial charge in [-0.2, -0.15) is 0 Å². The van der Waals surface area contributed by atoms with E-state index in [2.05, 4.69) is 20.8 Å². The maximum atomic E-state index is 10.8. The predicted octanol–water partition coefficient (Wildman–Crippen LogP) is 1.05. The number of rotatable bonds is 3. The number of ketones is 1. The largest absolute Gasteiger partial charge is 0.298 e. The Kier molecular flexibility index (Phi) is 3.35. The molecular weight excluding hydrogens is 194 g/mol. The average molecular weight is 206 g/mol. The third-order valence-corrected chi connectivity index (χ3v) is 2.28. The average Bonchev–Trinajstić information content (AvgIpc) is 2.31. The lowest BCUT2D eigenvalue weighted by Crippen LogP contribution is -2.22. The quantitative estimate of drug-likeness (QED) is 0.643. The number of nitrogens with zero attached hydrogens (tertiary/aromatic N) is 1. The van der Waals surface area contributed by atoms with Crippen LogP contribution in [-0.2, 0) is 4.79 Å². The summed E-state index contributed by atoms with van der Waals surface area (Å²) in [6.45, 7) is 2.73. The molecule has 0 aliphatic carbocycles. The number of carbonyl (C=O) groups excluding carboxylic acids is 1. The number of hydrogen-bond acceptors (Lipinski definition) is 2. The molecule has 0 atom stereocenters. The lowest BCUT2D eigenvalue weighted by atomic mass is 10.4. The molecule has 1 rings (SSSR count). The Bertz CT molecular complexity index is 127. The maximum Gasteiger partial charge on any atom is 0.148 e. The molecule has 1 fully saturated rings. The standard InChI is InChI=1S/C7H12BrNO/c8-3-1-4-9-5-2-7(10)6-9/h1-6H2. The third-order valence-electron chi connectivity index (χ3n) is 1.71. The molecule has 0 spiro atoms. The second kappa shape index (κ2) is 4.09. The Balaban J connectivity index is 2.12. The summed E-state index contributed by atoms with van der Waals surface area (Å²) in [6, 6.07) is 0. The zero-order valence-electron chi connectivity index (χ0n) is 5.98. The molecule has 0 unspecified atom stereocenters. The van der Waals surface area contributed by atoms with Gasteiger partial charge in [0.2, 0.25) is 0 Å². The van der Waals surface area contributed by atoms with Crippen LogP contribution in [0.2, 0.25) is 0 Å². The van der Waals surface area contributed by atoms with Crippen LogP contribution in [0.1, 0.15) is 12.8 Å². The summed E-state index contributed by atoms with van der Waals surface area (Å²) in [5.74, 6) is 0.398. The van der Waals surface area contributed by atoms with Crippen molar-refractivity contribution < 1.29 is 4.79 Å². The lowest BCUT2D eigenvalue weighted by molar-refractivity contribution is -0.116. The predicted molar refractivity (Wildman–Crippen MR) is 44.5 cm³/mol. The van der Waals surface area contributed by atoms with Crippen LogP contribution in [0.15, 0.2) is 0 Å². The molecule has 0 radical (unpaired) electrons. The summed E-state index contributed by atoms with van der Waals surface area (Å²) in [4.78, 5) is 13.0. The summed E-state index contributed by atoms with van der Waals surface area (Å²) in [7, 11) is 0. The van der Waals surface area contributed by atoms with Gasteiger partial charge in [0.25, 0.3) is 0 Å². The molecule has 0 bridgehead atoms. The molecule has 0 aromatic carbocycles. The number of hydrogen-bond donors (Lipinski definition) is 0. The van der Waals surface area contributed by atoms with Gasteiger partial charge in [0.1, 0.15) is 5.78 Å². The summed E-state index contributed by atoms with van der Waals surface area (Å²) >= 11 is 3.36. The van der Waals surface area contributed by atoms with Crippen LogP contribution in [0.3, 0.4) is 0 Å². The molecule has 1 saturated heterocycles.